The Morgan fingerprint density at radius 2 is 1.91 bits per heavy atom. The van der Waals surface area contributed by atoms with E-state index in [9.17, 15) is 0 Å². The third kappa shape index (κ3) is 3.09. The van der Waals surface area contributed by atoms with Crippen LogP contribution in [0, 0.1) is 6.92 Å². The third-order valence-corrected chi connectivity index (χ3v) is 4.26. The van der Waals surface area contributed by atoms with E-state index in [1.54, 1.807) is 6.20 Å². The molecule has 0 saturated heterocycles. The van der Waals surface area contributed by atoms with Gasteiger partial charge in [-0.1, -0.05) is 23.7 Å². The minimum absolute atomic E-state index is 0.157. The number of pyridine rings is 1. The van der Waals surface area contributed by atoms with E-state index in [1.807, 2.05) is 26.4 Å². The van der Waals surface area contributed by atoms with Crippen LogP contribution in [0.25, 0.3) is 10.9 Å². The second kappa shape index (κ2) is 6.30. The molecule has 0 fully saturated rings. The Morgan fingerprint density at radius 3 is 2.61 bits per heavy atom. The van der Waals surface area contributed by atoms with Crippen LogP contribution in [-0.2, 0) is 6.42 Å². The lowest BCUT2D eigenvalue weighted by Gasteiger charge is -2.20. The van der Waals surface area contributed by atoms with Crippen LogP contribution in [0.2, 0.25) is 10.4 Å². The summed E-state index contributed by atoms with van der Waals surface area (Å²) >= 11 is 12.0. The Morgan fingerprint density at radius 1 is 1.13 bits per heavy atom. The van der Waals surface area contributed by atoms with Gasteiger partial charge in [-0.15, -0.1) is 0 Å². The Labute approximate surface area is 145 Å². The smallest absolute Gasteiger partial charge is 0.223 e. The molecule has 0 amide bonds. The minimum atomic E-state index is 0.157. The van der Waals surface area contributed by atoms with Crippen molar-refractivity contribution in [1.29, 1.82) is 0 Å². The van der Waals surface area contributed by atoms with E-state index in [0.717, 1.165) is 27.7 Å². The van der Waals surface area contributed by atoms with Gasteiger partial charge in [0.2, 0.25) is 5.28 Å². The molecule has 0 N–H and O–H groups in total. The zero-order valence-corrected chi connectivity index (χ0v) is 14.7. The van der Waals surface area contributed by atoms with Crippen molar-refractivity contribution in [3.63, 3.8) is 0 Å². The summed E-state index contributed by atoms with van der Waals surface area (Å²) in [4.78, 5) is 14.7. The van der Waals surface area contributed by atoms with Crippen LogP contribution < -0.4 is 4.90 Å². The lowest BCUT2D eigenvalue weighted by atomic mass is 9.98. The summed E-state index contributed by atoms with van der Waals surface area (Å²) in [7, 11) is 4.06. The van der Waals surface area contributed by atoms with Crippen LogP contribution >= 0.6 is 23.2 Å². The quantitative estimate of drug-likeness (QED) is 0.523. The fourth-order valence-corrected chi connectivity index (χ4v) is 3.22. The second-order valence-corrected chi connectivity index (χ2v) is 6.32. The summed E-state index contributed by atoms with van der Waals surface area (Å²) in [5.74, 6) is 0. The molecule has 1 aromatic carbocycles. The normalized spacial score (nSPS) is 11.0. The van der Waals surface area contributed by atoms with Gasteiger partial charge in [0.05, 0.1) is 11.2 Å². The number of nitrogens with zero attached hydrogens (tertiary/aromatic N) is 4. The van der Waals surface area contributed by atoms with Gasteiger partial charge in [0.15, 0.2) is 0 Å². The first-order valence-electron chi connectivity index (χ1n) is 7.19. The lowest BCUT2D eigenvalue weighted by Crippen LogP contribution is -2.12. The van der Waals surface area contributed by atoms with E-state index in [4.69, 9.17) is 23.2 Å². The predicted molar refractivity (Wildman–Crippen MR) is 95.7 cm³/mol. The van der Waals surface area contributed by atoms with Gasteiger partial charge in [-0.3, -0.25) is 4.98 Å². The molecule has 0 spiro atoms. The molecule has 0 bridgehead atoms. The Balaban J connectivity index is 2.17. The van der Waals surface area contributed by atoms with Crippen molar-refractivity contribution in [3.05, 3.63) is 57.7 Å². The molecule has 2 aromatic heterocycles. The Bertz CT molecular complexity index is 878. The van der Waals surface area contributed by atoms with Gasteiger partial charge in [0.1, 0.15) is 5.15 Å². The summed E-state index contributed by atoms with van der Waals surface area (Å²) in [6.45, 7) is 2.09. The first kappa shape index (κ1) is 16.0. The van der Waals surface area contributed by atoms with Crippen molar-refractivity contribution in [3.8, 4) is 0 Å². The number of hydrogen-bond donors (Lipinski definition) is 0. The SMILES string of the molecule is Cc1cc(Cc2cnc(Cl)nc2Cl)c2cccnc2c1N(C)C. The number of aromatic nitrogens is 3. The van der Waals surface area contributed by atoms with Crippen LogP contribution in [0.1, 0.15) is 16.7 Å². The number of rotatable bonds is 3. The maximum absolute atomic E-state index is 6.19. The molecular formula is C17H16Cl2N4. The molecular weight excluding hydrogens is 331 g/mol. The van der Waals surface area contributed by atoms with Gasteiger partial charge in [0, 0.05) is 43.9 Å². The second-order valence-electron chi connectivity index (χ2n) is 5.63. The molecule has 6 heteroatoms. The number of anilines is 1. The van der Waals surface area contributed by atoms with E-state index in [0.29, 0.717) is 11.6 Å². The van der Waals surface area contributed by atoms with Crippen molar-refractivity contribution >= 4 is 39.8 Å². The largest absolute Gasteiger partial charge is 0.376 e. The summed E-state index contributed by atoms with van der Waals surface area (Å²) in [6.07, 6.45) is 4.12. The van der Waals surface area contributed by atoms with Crippen LogP contribution in [-0.4, -0.2) is 29.0 Å². The zero-order valence-electron chi connectivity index (χ0n) is 13.1. The van der Waals surface area contributed by atoms with Gasteiger partial charge >= 0.3 is 0 Å². The molecule has 2 heterocycles. The minimum Gasteiger partial charge on any atom is -0.376 e. The highest BCUT2D eigenvalue weighted by molar-refractivity contribution is 6.32. The monoisotopic (exact) mass is 346 g/mol. The van der Waals surface area contributed by atoms with Gasteiger partial charge < -0.3 is 4.90 Å². The fourth-order valence-electron chi connectivity index (χ4n) is 2.85. The highest BCUT2D eigenvalue weighted by Crippen LogP contribution is 2.32. The number of halogens is 2. The molecule has 118 valence electrons. The van der Waals surface area contributed by atoms with Crippen LogP contribution in [0.5, 0.6) is 0 Å². The Kier molecular flexibility index (Phi) is 4.37. The number of benzene rings is 1. The van der Waals surface area contributed by atoms with Crippen molar-refractivity contribution in [2.45, 2.75) is 13.3 Å². The average molecular weight is 347 g/mol. The average Bonchev–Trinajstić information content (AvgIpc) is 2.49. The number of hydrogen-bond acceptors (Lipinski definition) is 4. The molecule has 3 aromatic rings. The molecule has 0 atom stereocenters. The Hall–Kier alpha value is -1.91. The van der Waals surface area contributed by atoms with E-state index < -0.39 is 0 Å². The fraction of sp³-hybridized carbons (Fsp3) is 0.235. The van der Waals surface area contributed by atoms with Crippen molar-refractivity contribution in [2.24, 2.45) is 0 Å². The van der Waals surface area contributed by atoms with Gasteiger partial charge in [0.25, 0.3) is 0 Å². The highest BCUT2D eigenvalue weighted by Gasteiger charge is 2.14. The van der Waals surface area contributed by atoms with E-state index in [-0.39, 0.29) is 5.28 Å². The standard InChI is InChI=1S/C17H16Cl2N4/c1-10-7-11(8-12-9-21-17(19)22-16(12)18)13-5-4-6-20-14(13)15(10)23(2)3/h4-7,9H,8H2,1-3H3. The first-order chi connectivity index (χ1) is 11.0. The summed E-state index contributed by atoms with van der Waals surface area (Å²) in [6, 6.07) is 6.19. The third-order valence-electron chi connectivity index (χ3n) is 3.75. The van der Waals surface area contributed by atoms with Gasteiger partial charge in [-0.2, -0.15) is 0 Å². The molecule has 4 nitrogen and oxygen atoms in total. The first-order valence-corrected chi connectivity index (χ1v) is 7.94. The van der Waals surface area contributed by atoms with Gasteiger partial charge in [-0.25, -0.2) is 9.97 Å². The zero-order chi connectivity index (χ0) is 16.6. The number of aryl methyl sites for hydroxylation is 1. The van der Waals surface area contributed by atoms with Crippen LogP contribution in [0.15, 0.2) is 30.6 Å². The van der Waals surface area contributed by atoms with E-state index >= 15 is 0 Å². The summed E-state index contributed by atoms with van der Waals surface area (Å²) in [5, 5.41) is 1.65. The van der Waals surface area contributed by atoms with E-state index in [1.165, 1.54) is 5.56 Å². The molecule has 0 aliphatic rings. The van der Waals surface area contributed by atoms with Crippen molar-refractivity contribution in [1.82, 2.24) is 15.0 Å². The maximum Gasteiger partial charge on any atom is 0.223 e. The number of fused-ring (bicyclic) bond motifs is 1. The van der Waals surface area contributed by atoms with Crippen LogP contribution in [0.4, 0.5) is 5.69 Å². The summed E-state index contributed by atoms with van der Waals surface area (Å²) in [5.41, 5.74) is 5.27. The molecule has 23 heavy (non-hydrogen) atoms. The molecule has 0 aliphatic heterocycles. The predicted octanol–water partition coefficient (Wildman–Crippen LogP) is 4.30. The van der Waals surface area contributed by atoms with Crippen molar-refractivity contribution < 1.29 is 0 Å². The van der Waals surface area contributed by atoms with Crippen molar-refractivity contribution in [2.75, 3.05) is 19.0 Å². The van der Waals surface area contributed by atoms with Gasteiger partial charge in [-0.05, 0) is 35.7 Å². The molecule has 0 radical (unpaired) electrons. The highest BCUT2D eigenvalue weighted by atomic mass is 35.5. The lowest BCUT2D eigenvalue weighted by molar-refractivity contribution is 1.07. The summed E-state index contributed by atoms with van der Waals surface area (Å²) < 4.78 is 0. The molecule has 0 unspecified atom stereocenters. The van der Waals surface area contributed by atoms with Crippen LogP contribution in [0.3, 0.4) is 0 Å². The maximum atomic E-state index is 6.19. The molecule has 0 saturated carbocycles. The van der Waals surface area contributed by atoms with E-state index in [2.05, 4.69) is 38.9 Å². The molecule has 3 rings (SSSR count). The molecule has 0 aliphatic carbocycles. The topological polar surface area (TPSA) is 41.9 Å².